The molecule has 16 heavy (non-hydrogen) atoms. The van der Waals surface area contributed by atoms with Crippen LogP contribution in [0.15, 0.2) is 23.8 Å². The number of hydrogen-bond acceptors (Lipinski definition) is 5. The van der Waals surface area contributed by atoms with Crippen LogP contribution in [-0.2, 0) is 0 Å². The van der Waals surface area contributed by atoms with Gasteiger partial charge in [-0.2, -0.15) is 0 Å². The van der Waals surface area contributed by atoms with E-state index in [2.05, 4.69) is 16.5 Å². The summed E-state index contributed by atoms with van der Waals surface area (Å²) in [5, 5.41) is 8.93. The lowest BCUT2D eigenvalue weighted by molar-refractivity contribution is 0.302. The van der Waals surface area contributed by atoms with E-state index < -0.39 is 0 Å². The summed E-state index contributed by atoms with van der Waals surface area (Å²) in [7, 11) is 1.40. The molecular weight excluding hydrogens is 210 g/mol. The van der Waals surface area contributed by atoms with Gasteiger partial charge >= 0.3 is 0 Å². The molecule has 0 saturated carbocycles. The Labute approximate surface area is 93.2 Å². The van der Waals surface area contributed by atoms with Crippen molar-refractivity contribution >= 4 is 5.82 Å². The van der Waals surface area contributed by atoms with E-state index in [4.69, 9.17) is 9.84 Å². The van der Waals surface area contributed by atoms with Crippen LogP contribution in [0.2, 0.25) is 0 Å². The van der Waals surface area contributed by atoms with Crippen molar-refractivity contribution in [1.82, 2.24) is 9.97 Å². The molecular formula is C10H15N3O3. The Morgan fingerprint density at radius 1 is 1.75 bits per heavy atom. The molecule has 0 aromatic carbocycles. The first kappa shape index (κ1) is 12.3. The minimum absolute atomic E-state index is 0.0362. The van der Waals surface area contributed by atoms with Gasteiger partial charge in [0.25, 0.3) is 5.56 Å². The van der Waals surface area contributed by atoms with E-state index in [1.54, 1.807) is 11.0 Å². The van der Waals surface area contributed by atoms with Gasteiger partial charge in [0.05, 0.1) is 20.0 Å². The Bertz CT molecular complexity index is 403. The maximum absolute atomic E-state index is 11.4. The molecule has 0 aliphatic rings. The summed E-state index contributed by atoms with van der Waals surface area (Å²) in [6, 6.07) is 0. The molecule has 0 unspecified atom stereocenters. The lowest BCUT2D eigenvalue weighted by Gasteiger charge is -2.21. The van der Waals surface area contributed by atoms with Gasteiger partial charge in [-0.25, -0.2) is 4.98 Å². The Morgan fingerprint density at radius 2 is 2.50 bits per heavy atom. The van der Waals surface area contributed by atoms with Crippen LogP contribution < -0.4 is 15.2 Å². The van der Waals surface area contributed by atoms with Crippen LogP contribution in [0.5, 0.6) is 5.75 Å². The van der Waals surface area contributed by atoms with Gasteiger partial charge in [-0.1, -0.05) is 6.08 Å². The highest BCUT2D eigenvalue weighted by Crippen LogP contribution is 2.19. The van der Waals surface area contributed by atoms with Gasteiger partial charge in [-0.05, 0) is 0 Å². The number of H-pyrrole nitrogens is 1. The minimum atomic E-state index is -0.348. The first-order chi connectivity index (χ1) is 7.74. The number of aromatic nitrogens is 2. The van der Waals surface area contributed by atoms with Crippen molar-refractivity contribution in [2.45, 2.75) is 0 Å². The standard InChI is InChI=1S/C10H15N3O3/c1-3-4-13(5-6-14)9-8(16-2)10(15)12-7-11-9/h3,7,14H,1,4-6H2,2H3,(H,11,12,15). The molecule has 0 spiro atoms. The summed E-state index contributed by atoms with van der Waals surface area (Å²) in [6.07, 6.45) is 2.96. The summed E-state index contributed by atoms with van der Waals surface area (Å²) in [6.45, 7) is 4.41. The predicted octanol–water partition coefficient (Wildman–Crippen LogP) is -0.237. The number of rotatable bonds is 6. The Kier molecular flexibility index (Phi) is 4.53. The molecule has 0 fully saturated rings. The minimum Gasteiger partial charge on any atom is -0.489 e. The fourth-order valence-electron chi connectivity index (χ4n) is 1.35. The molecule has 1 heterocycles. The molecule has 0 aliphatic heterocycles. The number of aliphatic hydroxyl groups is 1. The second-order valence-corrected chi connectivity index (χ2v) is 3.05. The van der Waals surface area contributed by atoms with E-state index in [0.717, 1.165) is 0 Å². The van der Waals surface area contributed by atoms with E-state index in [-0.39, 0.29) is 17.9 Å². The zero-order chi connectivity index (χ0) is 12.0. The van der Waals surface area contributed by atoms with Gasteiger partial charge in [0.15, 0.2) is 5.82 Å². The van der Waals surface area contributed by atoms with E-state index in [1.165, 1.54) is 13.4 Å². The molecule has 0 amide bonds. The molecule has 1 rings (SSSR count). The molecule has 0 atom stereocenters. The van der Waals surface area contributed by atoms with Crippen LogP contribution in [0.4, 0.5) is 5.82 Å². The zero-order valence-electron chi connectivity index (χ0n) is 9.14. The smallest absolute Gasteiger partial charge is 0.295 e. The Balaban J connectivity index is 3.11. The highest BCUT2D eigenvalue weighted by atomic mass is 16.5. The normalized spacial score (nSPS) is 9.88. The van der Waals surface area contributed by atoms with Gasteiger partial charge in [-0.3, -0.25) is 4.79 Å². The van der Waals surface area contributed by atoms with Gasteiger partial charge in [0, 0.05) is 13.1 Å². The third-order valence-electron chi connectivity index (χ3n) is 2.01. The highest BCUT2D eigenvalue weighted by molar-refractivity contribution is 5.51. The Hall–Kier alpha value is -1.82. The maximum atomic E-state index is 11.4. The third-order valence-corrected chi connectivity index (χ3v) is 2.01. The number of methoxy groups -OCH3 is 1. The van der Waals surface area contributed by atoms with Gasteiger partial charge in [0.2, 0.25) is 5.75 Å². The van der Waals surface area contributed by atoms with Crippen molar-refractivity contribution in [1.29, 1.82) is 0 Å². The molecule has 0 saturated heterocycles. The summed E-state index contributed by atoms with van der Waals surface area (Å²) >= 11 is 0. The highest BCUT2D eigenvalue weighted by Gasteiger charge is 2.14. The van der Waals surface area contributed by atoms with Crippen LogP contribution in [0.1, 0.15) is 0 Å². The number of aliphatic hydroxyl groups excluding tert-OH is 1. The summed E-state index contributed by atoms with van der Waals surface area (Å²) < 4.78 is 4.99. The first-order valence-electron chi connectivity index (χ1n) is 4.83. The monoisotopic (exact) mass is 225 g/mol. The van der Waals surface area contributed by atoms with Gasteiger partial charge in [0.1, 0.15) is 0 Å². The summed E-state index contributed by atoms with van der Waals surface area (Å²) in [5.41, 5.74) is -0.348. The van der Waals surface area contributed by atoms with Crippen molar-refractivity contribution in [2.24, 2.45) is 0 Å². The fraction of sp³-hybridized carbons (Fsp3) is 0.400. The van der Waals surface area contributed by atoms with Crippen LogP contribution in [0.25, 0.3) is 0 Å². The van der Waals surface area contributed by atoms with E-state index in [1.807, 2.05) is 0 Å². The molecule has 0 radical (unpaired) electrons. The lowest BCUT2D eigenvalue weighted by atomic mass is 10.4. The zero-order valence-corrected chi connectivity index (χ0v) is 9.14. The molecule has 1 aromatic heterocycles. The second kappa shape index (κ2) is 5.92. The maximum Gasteiger partial charge on any atom is 0.295 e. The van der Waals surface area contributed by atoms with E-state index in [0.29, 0.717) is 18.9 Å². The average Bonchev–Trinajstić information content (AvgIpc) is 2.28. The Morgan fingerprint density at radius 3 is 3.06 bits per heavy atom. The lowest BCUT2D eigenvalue weighted by Crippen LogP contribution is -2.29. The molecule has 6 nitrogen and oxygen atoms in total. The molecule has 6 heteroatoms. The summed E-state index contributed by atoms with van der Waals surface area (Å²) in [5.74, 6) is 0.540. The molecule has 2 N–H and O–H groups in total. The number of nitrogens with zero attached hydrogens (tertiary/aromatic N) is 2. The van der Waals surface area contributed by atoms with Crippen molar-refractivity contribution in [3.05, 3.63) is 29.3 Å². The molecule has 1 aromatic rings. The van der Waals surface area contributed by atoms with Gasteiger partial charge in [-0.15, -0.1) is 6.58 Å². The topological polar surface area (TPSA) is 78.5 Å². The van der Waals surface area contributed by atoms with Crippen molar-refractivity contribution in [3.8, 4) is 5.75 Å². The fourth-order valence-corrected chi connectivity index (χ4v) is 1.35. The van der Waals surface area contributed by atoms with Crippen molar-refractivity contribution in [2.75, 3.05) is 31.7 Å². The van der Waals surface area contributed by atoms with Crippen LogP contribution in [0, 0.1) is 0 Å². The number of anilines is 1. The molecule has 0 aliphatic carbocycles. The largest absolute Gasteiger partial charge is 0.489 e. The quantitative estimate of drug-likeness (QED) is 0.653. The molecule has 88 valence electrons. The number of hydrogen-bond donors (Lipinski definition) is 2. The third kappa shape index (κ3) is 2.60. The number of aromatic amines is 1. The summed E-state index contributed by atoms with van der Waals surface area (Å²) in [4.78, 5) is 19.6. The average molecular weight is 225 g/mol. The van der Waals surface area contributed by atoms with Crippen LogP contribution in [-0.4, -0.2) is 41.9 Å². The number of nitrogens with one attached hydrogen (secondary N) is 1. The second-order valence-electron chi connectivity index (χ2n) is 3.05. The van der Waals surface area contributed by atoms with Crippen LogP contribution in [0.3, 0.4) is 0 Å². The van der Waals surface area contributed by atoms with E-state index in [9.17, 15) is 4.79 Å². The van der Waals surface area contributed by atoms with Crippen molar-refractivity contribution in [3.63, 3.8) is 0 Å². The number of ether oxygens (including phenoxy) is 1. The predicted molar refractivity (Wildman–Crippen MR) is 60.9 cm³/mol. The van der Waals surface area contributed by atoms with Crippen molar-refractivity contribution < 1.29 is 9.84 Å². The van der Waals surface area contributed by atoms with Crippen LogP contribution >= 0.6 is 0 Å². The first-order valence-corrected chi connectivity index (χ1v) is 4.83. The van der Waals surface area contributed by atoms with Gasteiger partial charge < -0.3 is 19.7 Å². The van der Waals surface area contributed by atoms with E-state index >= 15 is 0 Å². The molecule has 0 bridgehead atoms. The SMILES string of the molecule is C=CCN(CCO)c1nc[nH]c(=O)c1OC.